The van der Waals surface area contributed by atoms with Gasteiger partial charge in [-0.2, -0.15) is 9.15 Å². The number of rotatable bonds is 4. The van der Waals surface area contributed by atoms with Gasteiger partial charge in [0, 0.05) is 0 Å². The zero-order valence-electron chi connectivity index (χ0n) is 14.3. The molecule has 0 spiro atoms. The number of aromatic hydroxyl groups is 2. The van der Waals surface area contributed by atoms with Crippen molar-refractivity contribution in [2.45, 2.75) is 0 Å². The van der Waals surface area contributed by atoms with E-state index in [0.717, 1.165) is 13.1 Å². The molecule has 0 saturated carbocycles. The molecule has 0 bridgehead atoms. The van der Waals surface area contributed by atoms with Gasteiger partial charge in [0.15, 0.2) is 35.4 Å². The van der Waals surface area contributed by atoms with Crippen molar-refractivity contribution in [3.63, 3.8) is 0 Å². The predicted molar refractivity (Wildman–Crippen MR) is 94.8 cm³/mol. The maximum Gasteiger partial charge on any atom is 0.334 e. The largest absolute Gasteiger partial charge is 0.504 e. The van der Waals surface area contributed by atoms with Gasteiger partial charge in [0.1, 0.15) is 0 Å². The molecule has 25 heavy (non-hydrogen) atoms. The maximum absolute atomic E-state index is 10.2. The molecule has 2 aromatic rings. The minimum atomic E-state index is 0.137. The van der Waals surface area contributed by atoms with Crippen LogP contribution in [0.3, 0.4) is 0 Å². The average Bonchev–Trinajstić information content (AvgIpc) is 3.06. The van der Waals surface area contributed by atoms with E-state index < -0.39 is 0 Å². The fourth-order valence-corrected chi connectivity index (χ4v) is 2.85. The second-order valence-corrected chi connectivity index (χ2v) is 5.82. The summed E-state index contributed by atoms with van der Waals surface area (Å²) in [6, 6.07) is 10.8. The number of methoxy groups -OCH3 is 2. The van der Waals surface area contributed by atoms with Crippen LogP contribution in [0.5, 0.6) is 23.0 Å². The molecule has 1 fully saturated rings. The van der Waals surface area contributed by atoms with Gasteiger partial charge < -0.3 is 19.7 Å². The number of phenolic OH excluding ortho intramolecular Hbond substituents is 2. The van der Waals surface area contributed by atoms with Gasteiger partial charge in [0.2, 0.25) is 13.1 Å². The van der Waals surface area contributed by atoms with Gasteiger partial charge >= 0.3 is 6.67 Å². The number of para-hydroxylation sites is 2. The van der Waals surface area contributed by atoms with Crippen molar-refractivity contribution in [1.29, 1.82) is 0 Å². The molecule has 3 rings (SSSR count). The third-order valence-electron chi connectivity index (χ3n) is 4.18. The first-order valence-corrected chi connectivity index (χ1v) is 8.02. The first-order valence-electron chi connectivity index (χ1n) is 8.02. The molecule has 0 amide bonds. The van der Waals surface area contributed by atoms with Gasteiger partial charge in [-0.05, 0) is 24.3 Å². The zero-order chi connectivity index (χ0) is 17.8. The Bertz CT molecular complexity index is 774. The summed E-state index contributed by atoms with van der Waals surface area (Å²) < 4.78 is 14.5. The third kappa shape index (κ3) is 3.57. The Morgan fingerprint density at radius 1 is 0.800 bits per heavy atom. The molecule has 6 nitrogen and oxygen atoms in total. The van der Waals surface area contributed by atoms with E-state index in [0.29, 0.717) is 29.3 Å². The summed E-state index contributed by atoms with van der Waals surface area (Å²) in [4.78, 5) is 0. The van der Waals surface area contributed by atoms with E-state index >= 15 is 0 Å². The number of benzene rings is 2. The van der Waals surface area contributed by atoms with E-state index in [2.05, 4.69) is 9.15 Å². The number of hydrogen-bond donors (Lipinski definition) is 2. The van der Waals surface area contributed by atoms with Crippen molar-refractivity contribution in [1.82, 2.24) is 0 Å². The van der Waals surface area contributed by atoms with Gasteiger partial charge in [-0.3, -0.25) is 0 Å². The van der Waals surface area contributed by atoms with Crippen LogP contribution in [-0.4, -0.2) is 65.8 Å². The van der Waals surface area contributed by atoms with E-state index in [1.54, 1.807) is 12.1 Å². The summed E-state index contributed by atoms with van der Waals surface area (Å²) in [5.74, 6) is 1.19. The lowest BCUT2D eigenvalue weighted by Crippen LogP contribution is -2.13. The molecular weight excluding hydrogens is 320 g/mol. The normalized spacial score (nSPS) is 17.2. The molecule has 0 radical (unpaired) electrons. The van der Waals surface area contributed by atoms with Crippen LogP contribution < -0.4 is 9.47 Å². The Hall–Kier alpha value is -3.02. The highest BCUT2D eigenvalue weighted by Crippen LogP contribution is 2.29. The van der Waals surface area contributed by atoms with Crippen molar-refractivity contribution in [2.24, 2.45) is 0 Å². The third-order valence-corrected chi connectivity index (χ3v) is 4.18. The summed E-state index contributed by atoms with van der Waals surface area (Å²) in [7, 11) is 3.07. The molecule has 0 aromatic heterocycles. The van der Waals surface area contributed by atoms with Gasteiger partial charge in [-0.15, -0.1) is 0 Å². The van der Waals surface area contributed by atoms with Crippen LogP contribution in [0.25, 0.3) is 0 Å². The lowest BCUT2D eigenvalue weighted by molar-refractivity contribution is -0.647. The Balaban J connectivity index is 1.82. The minimum absolute atomic E-state index is 0.137. The Kier molecular flexibility index (Phi) is 4.88. The number of nitrogens with zero attached hydrogens (tertiary/aromatic N) is 2. The Morgan fingerprint density at radius 3 is 1.64 bits per heavy atom. The Morgan fingerprint density at radius 2 is 1.24 bits per heavy atom. The van der Waals surface area contributed by atoms with Crippen molar-refractivity contribution in [3.05, 3.63) is 47.5 Å². The van der Waals surface area contributed by atoms with Crippen LogP contribution in [0, 0.1) is 0 Å². The van der Waals surface area contributed by atoms with Gasteiger partial charge in [-0.1, -0.05) is 12.1 Å². The van der Waals surface area contributed by atoms with Crippen LogP contribution in [0.1, 0.15) is 11.1 Å². The molecule has 6 heteroatoms. The van der Waals surface area contributed by atoms with Gasteiger partial charge in [0.05, 0.1) is 25.3 Å². The van der Waals surface area contributed by atoms with Crippen molar-refractivity contribution < 1.29 is 28.8 Å². The molecular formula is C19H22N2O4+2. The molecule has 1 saturated heterocycles. The predicted octanol–water partition coefficient (Wildman–Crippen LogP) is 1.65. The molecule has 0 atom stereocenters. The molecule has 1 heterocycles. The maximum atomic E-state index is 10.2. The fourth-order valence-electron chi connectivity index (χ4n) is 2.85. The van der Waals surface area contributed by atoms with E-state index in [1.807, 2.05) is 36.7 Å². The van der Waals surface area contributed by atoms with Crippen LogP contribution in [0.2, 0.25) is 0 Å². The SMILES string of the molecule is COc1cccc(/C=[N+]2/CC/[N+](=C/c3cccc(OC)c3O)C2)c1O. The Labute approximate surface area is 146 Å². The van der Waals surface area contributed by atoms with Crippen molar-refractivity contribution in [2.75, 3.05) is 34.0 Å². The monoisotopic (exact) mass is 342 g/mol. The average molecular weight is 342 g/mol. The summed E-state index contributed by atoms with van der Waals surface area (Å²) in [6.07, 6.45) is 3.83. The fraction of sp³-hybridized carbons (Fsp3) is 0.263. The summed E-state index contributed by atoms with van der Waals surface area (Å²) in [5, 5.41) is 20.4. The van der Waals surface area contributed by atoms with Crippen LogP contribution >= 0.6 is 0 Å². The number of hydrogen-bond acceptors (Lipinski definition) is 4. The molecule has 130 valence electrons. The highest BCUT2D eigenvalue weighted by atomic mass is 16.5. The first-order chi connectivity index (χ1) is 12.1. The van der Waals surface area contributed by atoms with Gasteiger partial charge in [-0.25, -0.2) is 0 Å². The smallest absolute Gasteiger partial charge is 0.334 e. The lowest BCUT2D eigenvalue weighted by Gasteiger charge is -2.04. The topological polar surface area (TPSA) is 64.9 Å². The molecule has 1 aliphatic heterocycles. The quantitative estimate of drug-likeness (QED) is 0.830. The van der Waals surface area contributed by atoms with Crippen molar-refractivity contribution >= 4 is 12.4 Å². The van der Waals surface area contributed by atoms with E-state index in [1.165, 1.54) is 14.2 Å². The van der Waals surface area contributed by atoms with Crippen molar-refractivity contribution in [3.8, 4) is 23.0 Å². The summed E-state index contributed by atoms with van der Waals surface area (Å²) >= 11 is 0. The molecule has 1 aliphatic rings. The zero-order valence-corrected chi connectivity index (χ0v) is 14.3. The van der Waals surface area contributed by atoms with E-state index in [9.17, 15) is 10.2 Å². The van der Waals surface area contributed by atoms with Crippen LogP contribution in [-0.2, 0) is 0 Å². The first kappa shape index (κ1) is 16.8. The minimum Gasteiger partial charge on any atom is -0.504 e. The highest BCUT2D eigenvalue weighted by molar-refractivity contribution is 5.82. The van der Waals surface area contributed by atoms with Gasteiger partial charge in [0.25, 0.3) is 0 Å². The summed E-state index contributed by atoms with van der Waals surface area (Å²) in [6.45, 7) is 2.29. The van der Waals surface area contributed by atoms with Crippen LogP contribution in [0.4, 0.5) is 0 Å². The lowest BCUT2D eigenvalue weighted by atomic mass is 10.2. The summed E-state index contributed by atoms with van der Waals surface area (Å²) in [5.41, 5.74) is 1.43. The molecule has 2 aromatic carbocycles. The van der Waals surface area contributed by atoms with E-state index in [4.69, 9.17) is 9.47 Å². The second-order valence-electron chi connectivity index (χ2n) is 5.82. The van der Waals surface area contributed by atoms with E-state index in [-0.39, 0.29) is 11.5 Å². The molecule has 2 N–H and O–H groups in total. The second kappa shape index (κ2) is 7.25. The highest BCUT2D eigenvalue weighted by Gasteiger charge is 2.25. The molecule has 0 aliphatic carbocycles. The number of ether oxygens (including phenoxy) is 2. The standard InChI is InChI=1S/C19H20N2O4/c1-24-16-7-3-5-14(18(16)22)11-20-9-10-21(13-20)12-15-6-4-8-17(25-2)19(15)23/h3-8,11-12H,9-10,13H2,1-2H3/p+2. The molecule has 0 unspecified atom stereocenters. The van der Waals surface area contributed by atoms with Crippen LogP contribution in [0.15, 0.2) is 36.4 Å². The number of phenols is 2.